The number of fused-ring (bicyclic) bond motifs is 1. The molecular formula is C29H29N3O5S. The molecule has 0 bridgehead atoms. The fraction of sp³-hybridized carbons (Fsp3) is 0.172. The van der Waals surface area contributed by atoms with Crippen molar-refractivity contribution in [3.05, 3.63) is 95.6 Å². The van der Waals surface area contributed by atoms with Gasteiger partial charge in [0.1, 0.15) is 6.54 Å². The topological polar surface area (TPSA) is 97.3 Å². The van der Waals surface area contributed by atoms with Crippen LogP contribution in [0.25, 0.3) is 10.8 Å². The molecule has 0 aromatic heterocycles. The first kappa shape index (κ1) is 26.7. The summed E-state index contributed by atoms with van der Waals surface area (Å²) in [5, 5.41) is 6.13. The fourth-order valence-corrected chi connectivity index (χ4v) is 5.64. The number of rotatable bonds is 9. The summed E-state index contributed by atoms with van der Waals surface area (Å²) in [7, 11) is -1.26. The van der Waals surface area contributed by atoms with Gasteiger partial charge in [0.05, 0.1) is 31.0 Å². The van der Waals surface area contributed by atoms with E-state index < -0.39 is 22.5 Å². The van der Waals surface area contributed by atoms with E-state index in [0.29, 0.717) is 11.4 Å². The maximum Gasteiger partial charge on any atom is 0.264 e. The molecule has 4 aromatic carbocycles. The molecule has 0 unspecified atom stereocenters. The molecule has 0 fully saturated rings. The Kier molecular flexibility index (Phi) is 7.97. The number of anilines is 1. The van der Waals surface area contributed by atoms with Crippen molar-refractivity contribution >= 4 is 38.6 Å². The van der Waals surface area contributed by atoms with Crippen LogP contribution in [0, 0.1) is 13.8 Å². The van der Waals surface area contributed by atoms with Crippen LogP contribution < -0.4 is 19.2 Å². The molecule has 9 heteroatoms. The van der Waals surface area contributed by atoms with Gasteiger partial charge in [-0.05, 0) is 60.0 Å². The number of ether oxygens (including phenoxy) is 2. The van der Waals surface area contributed by atoms with Gasteiger partial charge in [0.2, 0.25) is 0 Å². The summed E-state index contributed by atoms with van der Waals surface area (Å²) >= 11 is 0. The van der Waals surface area contributed by atoms with Gasteiger partial charge in [-0.3, -0.25) is 9.10 Å². The van der Waals surface area contributed by atoms with Gasteiger partial charge in [-0.1, -0.05) is 48.5 Å². The minimum Gasteiger partial charge on any atom is -0.493 e. The summed E-state index contributed by atoms with van der Waals surface area (Å²) in [6.07, 6.45) is 1.55. The van der Waals surface area contributed by atoms with Crippen molar-refractivity contribution in [2.45, 2.75) is 18.7 Å². The molecule has 0 saturated heterocycles. The number of hydrazone groups is 1. The highest BCUT2D eigenvalue weighted by atomic mass is 32.2. The van der Waals surface area contributed by atoms with Crippen LogP contribution >= 0.6 is 0 Å². The molecule has 0 spiro atoms. The van der Waals surface area contributed by atoms with Crippen molar-refractivity contribution in [1.29, 1.82) is 0 Å². The number of carbonyl (C=O) groups excluding carboxylic acids is 1. The minimum absolute atomic E-state index is 0.0404. The standard InChI is InChI=1S/C29H29N3O5S/c1-20-14-21(2)16-24(15-20)32(38(34,35)25-12-13-27(36-3)28(17-25)37-4)19-29(33)31-30-18-23-10-7-9-22-8-5-6-11-26(22)23/h5-18H,19H2,1-4H3,(H,31,33)/b30-18-. The number of nitrogens with one attached hydrogen (secondary N) is 1. The summed E-state index contributed by atoms with van der Waals surface area (Å²) in [5.41, 5.74) is 5.39. The van der Waals surface area contributed by atoms with E-state index >= 15 is 0 Å². The summed E-state index contributed by atoms with van der Waals surface area (Å²) in [6.45, 7) is 3.25. The third kappa shape index (κ3) is 5.78. The number of aryl methyl sites for hydroxylation is 2. The third-order valence-electron chi connectivity index (χ3n) is 5.94. The molecular weight excluding hydrogens is 502 g/mol. The molecule has 0 aliphatic carbocycles. The van der Waals surface area contributed by atoms with Gasteiger partial charge in [0.25, 0.3) is 15.9 Å². The minimum atomic E-state index is -4.16. The zero-order valence-corrected chi connectivity index (χ0v) is 22.5. The summed E-state index contributed by atoms with van der Waals surface area (Å²) < 4.78 is 39.2. The lowest BCUT2D eigenvalue weighted by molar-refractivity contribution is -0.119. The lowest BCUT2D eigenvalue weighted by Crippen LogP contribution is -2.39. The third-order valence-corrected chi connectivity index (χ3v) is 7.71. The molecule has 4 aromatic rings. The Bertz CT molecular complexity index is 1590. The number of methoxy groups -OCH3 is 2. The van der Waals surface area contributed by atoms with Crippen molar-refractivity contribution in [1.82, 2.24) is 5.43 Å². The van der Waals surface area contributed by atoms with Gasteiger partial charge in [-0.15, -0.1) is 0 Å². The summed E-state index contributed by atoms with van der Waals surface area (Å²) in [5.74, 6) is 0.0627. The van der Waals surface area contributed by atoms with E-state index in [2.05, 4.69) is 10.5 Å². The molecule has 0 aliphatic rings. The SMILES string of the molecule is COc1ccc(S(=O)(=O)N(CC(=O)N/N=C\c2cccc3ccccc23)c2cc(C)cc(C)c2)cc1OC. The van der Waals surface area contributed by atoms with Crippen LogP contribution in [0.2, 0.25) is 0 Å². The molecule has 0 atom stereocenters. The van der Waals surface area contributed by atoms with Crippen LogP contribution in [0.5, 0.6) is 11.5 Å². The van der Waals surface area contributed by atoms with Crippen molar-refractivity contribution < 1.29 is 22.7 Å². The largest absolute Gasteiger partial charge is 0.493 e. The van der Waals surface area contributed by atoms with Crippen LogP contribution in [0.4, 0.5) is 5.69 Å². The first-order valence-electron chi connectivity index (χ1n) is 11.9. The van der Waals surface area contributed by atoms with E-state index in [9.17, 15) is 13.2 Å². The lowest BCUT2D eigenvalue weighted by Gasteiger charge is -2.25. The van der Waals surface area contributed by atoms with E-state index in [0.717, 1.165) is 31.8 Å². The molecule has 38 heavy (non-hydrogen) atoms. The van der Waals surface area contributed by atoms with E-state index in [4.69, 9.17) is 9.47 Å². The second-order valence-corrected chi connectivity index (χ2v) is 10.6. The van der Waals surface area contributed by atoms with Gasteiger partial charge in [0.15, 0.2) is 11.5 Å². The van der Waals surface area contributed by atoms with E-state index in [-0.39, 0.29) is 10.6 Å². The number of sulfonamides is 1. The molecule has 4 rings (SSSR count). The predicted octanol–water partition coefficient (Wildman–Crippen LogP) is 4.82. The van der Waals surface area contributed by atoms with Crippen molar-refractivity contribution in [3.63, 3.8) is 0 Å². The van der Waals surface area contributed by atoms with Crippen molar-refractivity contribution in [2.75, 3.05) is 25.1 Å². The molecule has 0 aliphatic heterocycles. The van der Waals surface area contributed by atoms with E-state index in [1.165, 1.54) is 32.4 Å². The molecule has 8 nitrogen and oxygen atoms in total. The molecule has 0 radical (unpaired) electrons. The zero-order valence-electron chi connectivity index (χ0n) is 21.6. The maximum atomic E-state index is 13.8. The monoisotopic (exact) mass is 531 g/mol. The highest BCUT2D eigenvalue weighted by Crippen LogP contribution is 2.32. The van der Waals surface area contributed by atoms with Crippen LogP contribution in [0.15, 0.2) is 88.9 Å². The van der Waals surface area contributed by atoms with Crippen LogP contribution in [-0.2, 0) is 14.8 Å². The Morgan fingerprint density at radius 1 is 0.895 bits per heavy atom. The van der Waals surface area contributed by atoms with Gasteiger partial charge < -0.3 is 9.47 Å². The Hall–Kier alpha value is -4.37. The van der Waals surface area contributed by atoms with Crippen LogP contribution in [0.1, 0.15) is 16.7 Å². The summed E-state index contributed by atoms with van der Waals surface area (Å²) in [4.78, 5) is 12.9. The normalized spacial score (nSPS) is 11.5. The van der Waals surface area contributed by atoms with Crippen LogP contribution in [0.3, 0.4) is 0 Å². The Balaban J connectivity index is 1.64. The zero-order chi connectivity index (χ0) is 27.3. The number of carbonyl (C=O) groups is 1. The molecule has 1 amide bonds. The lowest BCUT2D eigenvalue weighted by atomic mass is 10.1. The molecule has 1 N–H and O–H groups in total. The average Bonchev–Trinajstić information content (AvgIpc) is 2.90. The average molecular weight is 532 g/mol. The number of benzene rings is 4. The Labute approximate surface area is 222 Å². The first-order chi connectivity index (χ1) is 18.2. The Morgan fingerprint density at radius 3 is 2.29 bits per heavy atom. The second-order valence-electron chi connectivity index (χ2n) is 8.74. The second kappa shape index (κ2) is 11.4. The quantitative estimate of drug-likeness (QED) is 0.247. The van der Waals surface area contributed by atoms with Crippen molar-refractivity contribution in [2.24, 2.45) is 5.10 Å². The van der Waals surface area contributed by atoms with Gasteiger partial charge >= 0.3 is 0 Å². The molecule has 196 valence electrons. The highest BCUT2D eigenvalue weighted by Gasteiger charge is 2.28. The van der Waals surface area contributed by atoms with Gasteiger partial charge in [0, 0.05) is 11.6 Å². The fourth-order valence-electron chi connectivity index (χ4n) is 4.22. The number of nitrogens with zero attached hydrogens (tertiary/aromatic N) is 2. The first-order valence-corrected chi connectivity index (χ1v) is 13.3. The highest BCUT2D eigenvalue weighted by molar-refractivity contribution is 7.92. The maximum absolute atomic E-state index is 13.8. The number of amides is 1. The van der Waals surface area contributed by atoms with Gasteiger partial charge in [-0.2, -0.15) is 5.10 Å². The van der Waals surface area contributed by atoms with E-state index in [1.54, 1.807) is 18.3 Å². The van der Waals surface area contributed by atoms with Crippen LogP contribution in [-0.4, -0.2) is 41.3 Å². The Morgan fingerprint density at radius 2 is 1.58 bits per heavy atom. The van der Waals surface area contributed by atoms with E-state index in [1.807, 2.05) is 62.4 Å². The number of hydrogen-bond donors (Lipinski definition) is 1. The molecule has 0 heterocycles. The van der Waals surface area contributed by atoms with Crippen molar-refractivity contribution in [3.8, 4) is 11.5 Å². The summed E-state index contributed by atoms with van der Waals surface area (Å²) in [6, 6.07) is 23.3. The molecule has 0 saturated carbocycles. The van der Waals surface area contributed by atoms with Gasteiger partial charge in [-0.25, -0.2) is 13.8 Å². The smallest absolute Gasteiger partial charge is 0.264 e. The predicted molar refractivity (Wildman–Crippen MR) is 150 cm³/mol. The number of hydrogen-bond acceptors (Lipinski definition) is 6.